The molecular weight excluding hydrogens is 314 g/mol. The summed E-state index contributed by atoms with van der Waals surface area (Å²) >= 11 is 3.60. The van der Waals surface area contributed by atoms with Gasteiger partial charge in [0.25, 0.3) is 0 Å². The van der Waals surface area contributed by atoms with E-state index in [0.717, 1.165) is 23.2 Å². The summed E-state index contributed by atoms with van der Waals surface area (Å²) in [6, 6.07) is 6.47. The van der Waals surface area contributed by atoms with E-state index in [1.807, 2.05) is 6.07 Å². The zero-order chi connectivity index (χ0) is 14.4. The zero-order valence-electron chi connectivity index (χ0n) is 12.4. The van der Waals surface area contributed by atoms with Crippen molar-refractivity contribution in [2.24, 2.45) is 11.7 Å². The van der Waals surface area contributed by atoms with Gasteiger partial charge in [-0.2, -0.15) is 0 Å². The van der Waals surface area contributed by atoms with Gasteiger partial charge in [0.15, 0.2) is 0 Å². The van der Waals surface area contributed by atoms with Gasteiger partial charge < -0.3 is 10.5 Å². The minimum atomic E-state index is 0.157. The molecule has 20 heavy (non-hydrogen) atoms. The largest absolute Gasteiger partial charge is 0.492 e. The maximum atomic E-state index is 6.50. The Bertz CT molecular complexity index is 413. The first kappa shape index (κ1) is 15.8. The normalized spacial score (nSPS) is 18.6. The molecule has 112 valence electrons. The van der Waals surface area contributed by atoms with Crippen molar-refractivity contribution in [1.29, 1.82) is 0 Å². The predicted octanol–water partition coefficient (Wildman–Crippen LogP) is 5.21. The molecule has 1 unspecified atom stereocenters. The highest BCUT2D eigenvalue weighted by Gasteiger charge is 2.21. The van der Waals surface area contributed by atoms with Gasteiger partial charge in [-0.05, 0) is 58.8 Å². The van der Waals surface area contributed by atoms with Crippen molar-refractivity contribution in [2.75, 3.05) is 6.61 Å². The molecule has 1 aliphatic carbocycles. The number of benzene rings is 1. The van der Waals surface area contributed by atoms with Gasteiger partial charge in [0.1, 0.15) is 5.75 Å². The number of hydrogen-bond donors (Lipinski definition) is 1. The van der Waals surface area contributed by atoms with Gasteiger partial charge in [-0.1, -0.05) is 38.7 Å². The van der Waals surface area contributed by atoms with E-state index >= 15 is 0 Å². The topological polar surface area (TPSA) is 35.2 Å². The van der Waals surface area contributed by atoms with Crippen molar-refractivity contribution in [3.63, 3.8) is 0 Å². The van der Waals surface area contributed by atoms with Crippen molar-refractivity contribution in [3.8, 4) is 5.75 Å². The third kappa shape index (κ3) is 4.23. The van der Waals surface area contributed by atoms with Crippen LogP contribution in [0.2, 0.25) is 0 Å². The third-order valence-electron chi connectivity index (χ3n) is 4.21. The molecule has 1 saturated carbocycles. The van der Waals surface area contributed by atoms with Crippen molar-refractivity contribution in [3.05, 3.63) is 28.2 Å². The minimum absolute atomic E-state index is 0.157. The summed E-state index contributed by atoms with van der Waals surface area (Å²) in [6.07, 6.45) is 8.97. The standard InChI is InChI=1S/C17H26BrNO/c1-2-11-20-16-10-9-14(12-15(16)18)17(19)13-7-5-3-4-6-8-13/h9-10,12-13,17H,2-8,11,19H2,1H3. The first-order valence-corrected chi connectivity index (χ1v) is 8.69. The van der Waals surface area contributed by atoms with E-state index in [4.69, 9.17) is 10.5 Å². The number of nitrogens with two attached hydrogens (primary N) is 1. The fourth-order valence-corrected chi connectivity index (χ4v) is 3.51. The average Bonchev–Trinajstić information content (AvgIpc) is 2.74. The van der Waals surface area contributed by atoms with Crippen LogP contribution in [-0.4, -0.2) is 6.61 Å². The number of ether oxygens (including phenoxy) is 1. The fraction of sp³-hybridized carbons (Fsp3) is 0.647. The molecule has 0 heterocycles. The van der Waals surface area contributed by atoms with E-state index in [2.05, 4.69) is 35.0 Å². The van der Waals surface area contributed by atoms with Crippen LogP contribution in [0.15, 0.2) is 22.7 Å². The first-order chi connectivity index (χ1) is 9.72. The molecule has 1 atom stereocenters. The van der Waals surface area contributed by atoms with E-state index in [1.165, 1.54) is 44.1 Å². The molecule has 3 heteroatoms. The third-order valence-corrected chi connectivity index (χ3v) is 4.83. The molecule has 1 fully saturated rings. The van der Waals surface area contributed by atoms with E-state index in [9.17, 15) is 0 Å². The second kappa shape index (κ2) is 8.04. The second-order valence-electron chi connectivity index (χ2n) is 5.82. The lowest BCUT2D eigenvalue weighted by molar-refractivity contribution is 0.315. The summed E-state index contributed by atoms with van der Waals surface area (Å²) in [5.41, 5.74) is 7.73. The molecule has 0 aromatic heterocycles. The Kier molecular flexibility index (Phi) is 6.37. The highest BCUT2D eigenvalue weighted by Crippen LogP contribution is 2.35. The van der Waals surface area contributed by atoms with Crippen LogP contribution in [0.3, 0.4) is 0 Å². The molecule has 0 bridgehead atoms. The Labute approximate surface area is 131 Å². The molecule has 1 aliphatic rings. The number of hydrogen-bond acceptors (Lipinski definition) is 2. The van der Waals surface area contributed by atoms with Gasteiger partial charge in [-0.25, -0.2) is 0 Å². The Morgan fingerprint density at radius 2 is 1.95 bits per heavy atom. The molecule has 0 radical (unpaired) electrons. The van der Waals surface area contributed by atoms with Crippen LogP contribution >= 0.6 is 15.9 Å². The van der Waals surface area contributed by atoms with Crippen LogP contribution in [0.4, 0.5) is 0 Å². The average molecular weight is 340 g/mol. The number of halogens is 1. The van der Waals surface area contributed by atoms with Gasteiger partial charge in [-0.15, -0.1) is 0 Å². The Morgan fingerprint density at radius 3 is 2.55 bits per heavy atom. The minimum Gasteiger partial charge on any atom is -0.492 e. The van der Waals surface area contributed by atoms with E-state index in [-0.39, 0.29) is 6.04 Å². The fourth-order valence-electron chi connectivity index (χ4n) is 3.00. The van der Waals surface area contributed by atoms with Crippen LogP contribution in [0, 0.1) is 5.92 Å². The van der Waals surface area contributed by atoms with Crippen molar-refractivity contribution >= 4 is 15.9 Å². The Balaban J connectivity index is 2.05. The summed E-state index contributed by atoms with van der Waals surface area (Å²) in [5, 5.41) is 0. The van der Waals surface area contributed by atoms with Crippen molar-refractivity contribution in [1.82, 2.24) is 0 Å². The van der Waals surface area contributed by atoms with E-state index < -0.39 is 0 Å². The first-order valence-electron chi connectivity index (χ1n) is 7.90. The molecule has 0 saturated heterocycles. The van der Waals surface area contributed by atoms with Gasteiger partial charge >= 0.3 is 0 Å². The van der Waals surface area contributed by atoms with Crippen LogP contribution in [0.25, 0.3) is 0 Å². The SMILES string of the molecule is CCCOc1ccc(C(N)C2CCCCCC2)cc1Br. The molecule has 2 N–H and O–H groups in total. The molecule has 2 nitrogen and oxygen atoms in total. The summed E-state index contributed by atoms with van der Waals surface area (Å²) in [5.74, 6) is 1.55. The predicted molar refractivity (Wildman–Crippen MR) is 88.0 cm³/mol. The zero-order valence-corrected chi connectivity index (χ0v) is 14.0. The highest BCUT2D eigenvalue weighted by molar-refractivity contribution is 9.10. The van der Waals surface area contributed by atoms with Crippen molar-refractivity contribution in [2.45, 2.75) is 57.9 Å². The van der Waals surface area contributed by atoms with Crippen LogP contribution in [0.1, 0.15) is 63.5 Å². The molecule has 1 aromatic carbocycles. The summed E-state index contributed by atoms with van der Waals surface area (Å²) in [4.78, 5) is 0. The van der Waals surface area contributed by atoms with Crippen molar-refractivity contribution < 1.29 is 4.74 Å². The second-order valence-corrected chi connectivity index (χ2v) is 6.67. The Hall–Kier alpha value is -0.540. The molecular formula is C17H26BrNO. The van der Waals surface area contributed by atoms with Gasteiger partial charge in [-0.3, -0.25) is 0 Å². The lowest BCUT2D eigenvalue weighted by Gasteiger charge is -2.23. The van der Waals surface area contributed by atoms with Crippen LogP contribution < -0.4 is 10.5 Å². The van der Waals surface area contributed by atoms with Gasteiger partial charge in [0, 0.05) is 6.04 Å². The maximum Gasteiger partial charge on any atom is 0.133 e. The monoisotopic (exact) mass is 339 g/mol. The molecule has 0 spiro atoms. The summed E-state index contributed by atoms with van der Waals surface area (Å²) in [7, 11) is 0. The lowest BCUT2D eigenvalue weighted by Crippen LogP contribution is -2.21. The molecule has 2 rings (SSSR count). The smallest absolute Gasteiger partial charge is 0.133 e. The molecule has 1 aromatic rings. The molecule has 0 aliphatic heterocycles. The summed E-state index contributed by atoms with van der Waals surface area (Å²) < 4.78 is 6.72. The number of rotatable bonds is 5. The quantitative estimate of drug-likeness (QED) is 0.747. The van der Waals surface area contributed by atoms with Crippen LogP contribution in [0.5, 0.6) is 5.75 Å². The summed E-state index contributed by atoms with van der Waals surface area (Å²) in [6.45, 7) is 2.87. The van der Waals surface area contributed by atoms with Gasteiger partial charge in [0.05, 0.1) is 11.1 Å². The lowest BCUT2D eigenvalue weighted by atomic mass is 9.88. The highest BCUT2D eigenvalue weighted by atomic mass is 79.9. The maximum absolute atomic E-state index is 6.50. The van der Waals surface area contributed by atoms with Crippen LogP contribution in [-0.2, 0) is 0 Å². The van der Waals surface area contributed by atoms with E-state index in [0.29, 0.717) is 5.92 Å². The Morgan fingerprint density at radius 1 is 1.25 bits per heavy atom. The van der Waals surface area contributed by atoms with E-state index in [1.54, 1.807) is 0 Å². The van der Waals surface area contributed by atoms with Gasteiger partial charge in [0.2, 0.25) is 0 Å². The molecule has 0 amide bonds.